The molecule has 0 radical (unpaired) electrons. The van der Waals surface area contributed by atoms with Crippen LogP contribution in [-0.2, 0) is 0 Å². The minimum absolute atomic E-state index is 0.213. The molecule has 4 aromatic rings. The lowest BCUT2D eigenvalue weighted by Gasteiger charge is -2.19. The van der Waals surface area contributed by atoms with E-state index in [9.17, 15) is 4.39 Å². The van der Waals surface area contributed by atoms with Crippen molar-refractivity contribution in [1.29, 1.82) is 0 Å². The number of halogens is 1. The van der Waals surface area contributed by atoms with Gasteiger partial charge in [0.1, 0.15) is 11.5 Å². The third-order valence-corrected chi connectivity index (χ3v) is 5.50. The fraction of sp³-hybridized carbons (Fsp3) is 0.167. The number of hydrogen-bond donors (Lipinski definition) is 1. The predicted molar refractivity (Wildman–Crippen MR) is 114 cm³/mol. The average molecular weight is 384 g/mol. The zero-order chi connectivity index (χ0) is 19.8. The van der Waals surface area contributed by atoms with Crippen LogP contribution >= 0.6 is 0 Å². The lowest BCUT2D eigenvalue weighted by Crippen LogP contribution is -2.22. The number of allylic oxidation sites excluding steroid dienone is 1. The first kappa shape index (κ1) is 17.8. The van der Waals surface area contributed by atoms with Crippen LogP contribution in [0.3, 0.4) is 0 Å². The normalized spacial score (nSPS) is 16.8. The van der Waals surface area contributed by atoms with Crippen LogP contribution in [-0.4, -0.2) is 20.6 Å². The van der Waals surface area contributed by atoms with E-state index in [-0.39, 0.29) is 11.9 Å². The second kappa shape index (κ2) is 7.26. The van der Waals surface area contributed by atoms with E-state index in [1.807, 2.05) is 16.6 Å². The standard InChI is InChI=1S/C24H21FN4/c25-20-7-4-17(5-8-20)24-23(16-10-12-27-13-11-16)22-9-6-19(15-29(22)28-24)18-2-1-3-21(26)14-18/h2,4-13,15,21H,1,3,14,26H2. The van der Waals surface area contributed by atoms with Crippen molar-refractivity contribution < 1.29 is 4.39 Å². The number of nitrogens with zero attached hydrogens (tertiary/aromatic N) is 3. The first-order valence-corrected chi connectivity index (χ1v) is 9.83. The smallest absolute Gasteiger partial charge is 0.123 e. The molecule has 0 bridgehead atoms. The Morgan fingerprint density at radius 1 is 0.931 bits per heavy atom. The van der Waals surface area contributed by atoms with Crippen molar-refractivity contribution in [2.75, 3.05) is 0 Å². The van der Waals surface area contributed by atoms with Crippen molar-refractivity contribution >= 4 is 11.1 Å². The van der Waals surface area contributed by atoms with Gasteiger partial charge in [0, 0.05) is 35.8 Å². The highest BCUT2D eigenvalue weighted by molar-refractivity contribution is 5.92. The predicted octanol–water partition coefficient (Wildman–Crippen LogP) is 5.10. The zero-order valence-corrected chi connectivity index (χ0v) is 15.9. The summed E-state index contributed by atoms with van der Waals surface area (Å²) < 4.78 is 15.4. The molecule has 2 N–H and O–H groups in total. The van der Waals surface area contributed by atoms with Gasteiger partial charge in [0.25, 0.3) is 0 Å². The molecule has 5 heteroatoms. The molecule has 0 spiro atoms. The van der Waals surface area contributed by atoms with Crippen LogP contribution in [0.25, 0.3) is 33.5 Å². The molecule has 29 heavy (non-hydrogen) atoms. The van der Waals surface area contributed by atoms with Gasteiger partial charge in [-0.1, -0.05) is 12.1 Å². The summed E-state index contributed by atoms with van der Waals surface area (Å²) >= 11 is 0. The maximum Gasteiger partial charge on any atom is 0.123 e. The lowest BCUT2D eigenvalue weighted by atomic mass is 9.91. The third kappa shape index (κ3) is 3.34. The molecule has 144 valence electrons. The number of rotatable bonds is 3. The van der Waals surface area contributed by atoms with Gasteiger partial charge < -0.3 is 5.73 Å². The molecule has 3 aromatic heterocycles. The Balaban J connectivity index is 1.70. The maximum absolute atomic E-state index is 13.5. The molecule has 0 aliphatic heterocycles. The van der Waals surface area contributed by atoms with Crippen LogP contribution in [0.5, 0.6) is 0 Å². The van der Waals surface area contributed by atoms with E-state index in [4.69, 9.17) is 10.8 Å². The molecule has 0 fully saturated rings. The summed E-state index contributed by atoms with van der Waals surface area (Å²) in [5, 5.41) is 4.88. The number of benzene rings is 1. The van der Waals surface area contributed by atoms with Gasteiger partial charge in [0.15, 0.2) is 0 Å². The number of aromatic nitrogens is 3. The summed E-state index contributed by atoms with van der Waals surface area (Å²) in [7, 11) is 0. The Morgan fingerprint density at radius 3 is 2.45 bits per heavy atom. The minimum atomic E-state index is -0.258. The molecule has 0 saturated carbocycles. The molecular formula is C24H21FN4. The highest BCUT2D eigenvalue weighted by atomic mass is 19.1. The van der Waals surface area contributed by atoms with Crippen molar-refractivity contribution in [2.45, 2.75) is 25.3 Å². The lowest BCUT2D eigenvalue weighted by molar-refractivity contribution is 0.616. The highest BCUT2D eigenvalue weighted by Crippen LogP contribution is 2.36. The Hall–Kier alpha value is -3.31. The molecule has 4 nitrogen and oxygen atoms in total. The first-order valence-electron chi connectivity index (χ1n) is 9.83. The number of hydrogen-bond acceptors (Lipinski definition) is 3. The van der Waals surface area contributed by atoms with Crippen molar-refractivity contribution in [1.82, 2.24) is 14.6 Å². The van der Waals surface area contributed by atoms with E-state index >= 15 is 0 Å². The molecule has 1 aliphatic carbocycles. The fourth-order valence-electron chi connectivity index (χ4n) is 4.03. The molecule has 0 amide bonds. The molecule has 1 unspecified atom stereocenters. The van der Waals surface area contributed by atoms with Crippen molar-refractivity contribution in [3.63, 3.8) is 0 Å². The quantitative estimate of drug-likeness (QED) is 0.535. The van der Waals surface area contributed by atoms with Gasteiger partial charge in [-0.05, 0) is 78.4 Å². The number of pyridine rings is 2. The maximum atomic E-state index is 13.5. The van der Waals surface area contributed by atoms with Crippen molar-refractivity contribution in [3.05, 3.63) is 84.6 Å². The second-order valence-electron chi connectivity index (χ2n) is 7.48. The van der Waals surface area contributed by atoms with E-state index in [0.29, 0.717) is 0 Å². The number of nitrogens with two attached hydrogens (primary N) is 1. The van der Waals surface area contributed by atoms with Gasteiger partial charge >= 0.3 is 0 Å². The van der Waals surface area contributed by atoms with Crippen molar-refractivity contribution in [3.8, 4) is 22.4 Å². The summed E-state index contributed by atoms with van der Waals surface area (Å²) in [5.41, 5.74) is 13.3. The fourth-order valence-corrected chi connectivity index (χ4v) is 4.03. The van der Waals surface area contributed by atoms with E-state index < -0.39 is 0 Å². The first-order chi connectivity index (χ1) is 14.2. The van der Waals surface area contributed by atoms with Crippen LogP contribution in [0.4, 0.5) is 4.39 Å². The summed E-state index contributed by atoms with van der Waals surface area (Å²) in [5.74, 6) is -0.258. The van der Waals surface area contributed by atoms with Gasteiger partial charge in [-0.3, -0.25) is 4.98 Å². The molecule has 1 atom stereocenters. The largest absolute Gasteiger partial charge is 0.327 e. The average Bonchev–Trinajstić information content (AvgIpc) is 3.13. The minimum Gasteiger partial charge on any atom is -0.327 e. The van der Waals surface area contributed by atoms with Crippen LogP contribution in [0.15, 0.2) is 73.2 Å². The summed E-state index contributed by atoms with van der Waals surface area (Å²) in [6.45, 7) is 0. The van der Waals surface area contributed by atoms with E-state index in [0.717, 1.165) is 52.7 Å². The van der Waals surface area contributed by atoms with E-state index in [1.54, 1.807) is 24.5 Å². The number of fused-ring (bicyclic) bond motifs is 1. The monoisotopic (exact) mass is 384 g/mol. The van der Waals surface area contributed by atoms with Crippen LogP contribution in [0, 0.1) is 5.82 Å². The Labute approximate surface area is 168 Å². The highest BCUT2D eigenvalue weighted by Gasteiger charge is 2.18. The summed E-state index contributed by atoms with van der Waals surface area (Å²) in [4.78, 5) is 4.14. The van der Waals surface area contributed by atoms with Gasteiger partial charge in [0.2, 0.25) is 0 Å². The van der Waals surface area contributed by atoms with Crippen LogP contribution in [0.1, 0.15) is 24.8 Å². The summed E-state index contributed by atoms with van der Waals surface area (Å²) in [6, 6.07) is 14.9. The third-order valence-electron chi connectivity index (χ3n) is 5.50. The van der Waals surface area contributed by atoms with E-state index in [2.05, 4.69) is 29.4 Å². The molecular weight excluding hydrogens is 363 g/mol. The van der Waals surface area contributed by atoms with Gasteiger partial charge in [-0.2, -0.15) is 5.10 Å². The Morgan fingerprint density at radius 2 is 1.69 bits per heavy atom. The SMILES string of the molecule is NC1CCC=C(c2ccc3c(-c4ccncc4)c(-c4ccc(F)cc4)nn3c2)C1. The molecule has 5 rings (SSSR count). The van der Waals surface area contributed by atoms with Crippen molar-refractivity contribution in [2.24, 2.45) is 5.73 Å². The topological polar surface area (TPSA) is 56.2 Å². The second-order valence-corrected chi connectivity index (χ2v) is 7.48. The van der Waals surface area contributed by atoms with Gasteiger partial charge in [-0.15, -0.1) is 0 Å². The summed E-state index contributed by atoms with van der Waals surface area (Å²) in [6.07, 6.45) is 10.8. The molecule has 0 saturated heterocycles. The molecule has 1 aliphatic rings. The van der Waals surface area contributed by atoms with Crippen LogP contribution < -0.4 is 5.73 Å². The van der Waals surface area contributed by atoms with E-state index in [1.165, 1.54) is 17.7 Å². The molecule has 3 heterocycles. The Bertz CT molecular complexity index is 1190. The van der Waals surface area contributed by atoms with Gasteiger partial charge in [-0.25, -0.2) is 8.91 Å². The Kier molecular flexibility index (Phi) is 4.45. The molecule has 1 aromatic carbocycles. The van der Waals surface area contributed by atoms with Gasteiger partial charge in [0.05, 0.1) is 5.52 Å². The van der Waals surface area contributed by atoms with Crippen LogP contribution in [0.2, 0.25) is 0 Å². The zero-order valence-electron chi connectivity index (χ0n) is 15.9.